The van der Waals surface area contributed by atoms with Gasteiger partial charge in [0.1, 0.15) is 72.2 Å². The van der Waals surface area contributed by atoms with E-state index in [1.165, 1.54) is 24.3 Å². The first-order valence-corrected chi connectivity index (χ1v) is 29.0. The van der Waals surface area contributed by atoms with Crippen LogP contribution >= 0.6 is 0 Å². The standard InChI is InChI=1S/C71H62F2O14/c1-70(2)86-65-59(44-79-60(74)27-15-21-45-29-34-52(72)35-30-45)81-69(68(67(65)87-70)82-61(75)28-16-22-46-31-36-53(73)37-32-46)83-66-63(76)62-57(78-43-48-19-9-4-10-20-48)40-54(77-42-47-17-7-3-8-18-47)41-58(62)80-64(66)49-33-38-55-56(39-49)85-71(84-55,50-23-11-5-12-24-50)51-25-13-6-14-26-51/h3-14,17-20,23-26,29-41,59,65,67-69H,15-16,21-22,27-28,42-44H2,1-2H3/t59-,65+,67+,68-,69+/m1/s1. The third-order valence-electron chi connectivity index (χ3n) is 15.3. The summed E-state index contributed by atoms with van der Waals surface area (Å²) in [5.41, 5.74) is 4.50. The Bertz CT molecular complexity index is 3860. The zero-order valence-electron chi connectivity index (χ0n) is 47.8. The van der Waals surface area contributed by atoms with Crippen molar-refractivity contribution in [3.8, 4) is 40.1 Å². The van der Waals surface area contributed by atoms with E-state index in [0.717, 1.165) is 33.4 Å². The van der Waals surface area contributed by atoms with Gasteiger partial charge in [-0.05, 0) is 104 Å². The topological polar surface area (TPSA) is 157 Å². The minimum absolute atomic E-state index is 0.0135. The Morgan fingerprint density at radius 2 is 1.13 bits per heavy atom. The van der Waals surface area contributed by atoms with E-state index in [2.05, 4.69) is 0 Å². The average Bonchev–Trinajstić information content (AvgIpc) is 1.89. The number of halogens is 2. The van der Waals surface area contributed by atoms with Crippen LogP contribution in [0.25, 0.3) is 22.3 Å². The van der Waals surface area contributed by atoms with Gasteiger partial charge in [0, 0.05) is 41.7 Å². The van der Waals surface area contributed by atoms with Crippen molar-refractivity contribution in [2.45, 2.75) is 108 Å². The molecule has 16 heteroatoms. The summed E-state index contributed by atoms with van der Waals surface area (Å²) in [6.07, 6.45) is -4.66. The molecule has 87 heavy (non-hydrogen) atoms. The van der Waals surface area contributed by atoms with Gasteiger partial charge in [-0.15, -0.1) is 0 Å². The molecule has 0 N–H and O–H groups in total. The van der Waals surface area contributed by atoms with Gasteiger partial charge < -0.3 is 51.8 Å². The van der Waals surface area contributed by atoms with Gasteiger partial charge in [-0.25, -0.2) is 8.78 Å². The third kappa shape index (κ3) is 13.4. The normalized spacial score (nSPS) is 18.8. The number of benzene rings is 8. The van der Waals surface area contributed by atoms with E-state index in [9.17, 15) is 18.4 Å². The second-order valence-electron chi connectivity index (χ2n) is 22.0. The number of carbonyl (C=O) groups excluding carboxylic acids is 2. The lowest BCUT2D eigenvalue weighted by molar-refractivity contribution is -0.262. The molecule has 12 rings (SSSR count). The van der Waals surface area contributed by atoms with Crippen molar-refractivity contribution < 1.29 is 70.2 Å². The molecule has 0 amide bonds. The smallest absolute Gasteiger partial charge is 0.306 e. The Kier molecular flexibility index (Phi) is 17.1. The molecule has 8 aromatic carbocycles. The van der Waals surface area contributed by atoms with Crippen LogP contribution < -0.4 is 29.1 Å². The van der Waals surface area contributed by atoms with Crippen LogP contribution in [0.4, 0.5) is 8.78 Å². The minimum atomic E-state index is -1.66. The predicted molar refractivity (Wildman–Crippen MR) is 317 cm³/mol. The molecule has 14 nitrogen and oxygen atoms in total. The molecular formula is C71H62F2O14. The summed E-state index contributed by atoms with van der Waals surface area (Å²) in [5.74, 6) is -3.94. The molecule has 0 aliphatic carbocycles. The van der Waals surface area contributed by atoms with E-state index in [1.807, 2.05) is 121 Å². The zero-order chi connectivity index (χ0) is 59.9. The maximum absolute atomic E-state index is 16.0. The van der Waals surface area contributed by atoms with E-state index in [4.69, 9.17) is 51.8 Å². The zero-order valence-corrected chi connectivity index (χ0v) is 47.8. The summed E-state index contributed by atoms with van der Waals surface area (Å²) < 4.78 is 100. The van der Waals surface area contributed by atoms with Crippen molar-refractivity contribution in [3.05, 3.63) is 255 Å². The molecule has 1 aromatic heterocycles. The van der Waals surface area contributed by atoms with E-state index in [0.29, 0.717) is 48.5 Å². The van der Waals surface area contributed by atoms with Crippen molar-refractivity contribution in [2.75, 3.05) is 6.61 Å². The predicted octanol–water partition coefficient (Wildman–Crippen LogP) is 13.7. The largest absolute Gasteiger partial charge is 0.489 e. The summed E-state index contributed by atoms with van der Waals surface area (Å²) in [4.78, 5) is 43.7. The Balaban J connectivity index is 0.949. The Morgan fingerprint density at radius 3 is 1.74 bits per heavy atom. The summed E-state index contributed by atoms with van der Waals surface area (Å²) in [5, 5.41) is -0.0135. The number of carbonyl (C=O) groups is 2. The van der Waals surface area contributed by atoms with Gasteiger partial charge >= 0.3 is 17.7 Å². The number of esters is 2. The fraction of sp³-hybridized carbons (Fsp3) is 0.254. The number of hydrogen-bond acceptors (Lipinski definition) is 14. The van der Waals surface area contributed by atoms with Crippen LogP contribution in [-0.4, -0.2) is 55.0 Å². The Hall–Kier alpha value is -9.35. The fourth-order valence-corrected chi connectivity index (χ4v) is 11.0. The Labute approximate surface area is 501 Å². The number of rotatable bonds is 22. The van der Waals surface area contributed by atoms with Crippen LogP contribution in [0.1, 0.15) is 72.9 Å². The van der Waals surface area contributed by atoms with Crippen molar-refractivity contribution in [3.63, 3.8) is 0 Å². The van der Waals surface area contributed by atoms with Gasteiger partial charge in [0.2, 0.25) is 17.5 Å². The molecule has 2 fully saturated rings. The summed E-state index contributed by atoms with van der Waals surface area (Å²) in [6, 6.07) is 58.5. The molecule has 0 radical (unpaired) electrons. The molecular weight excluding hydrogens is 1110 g/mol. The van der Waals surface area contributed by atoms with Crippen LogP contribution in [0.2, 0.25) is 0 Å². The second-order valence-corrected chi connectivity index (χ2v) is 22.0. The molecule has 3 aliphatic heterocycles. The minimum Gasteiger partial charge on any atom is -0.489 e. The lowest BCUT2D eigenvalue weighted by atomic mass is 9.97. The second kappa shape index (κ2) is 25.7. The lowest BCUT2D eigenvalue weighted by Crippen LogP contribution is -2.60. The van der Waals surface area contributed by atoms with Crippen molar-refractivity contribution in [2.24, 2.45) is 0 Å². The number of ether oxygens (including phenoxy) is 10. The van der Waals surface area contributed by atoms with E-state index in [1.54, 1.807) is 68.4 Å². The first-order valence-electron chi connectivity index (χ1n) is 29.0. The van der Waals surface area contributed by atoms with E-state index >= 15 is 4.79 Å². The number of fused-ring (bicyclic) bond motifs is 3. The maximum atomic E-state index is 16.0. The highest BCUT2D eigenvalue weighted by Gasteiger charge is 2.58. The summed E-state index contributed by atoms with van der Waals surface area (Å²) in [7, 11) is 0. The van der Waals surface area contributed by atoms with Crippen molar-refractivity contribution in [1.29, 1.82) is 0 Å². The molecule has 9 aromatic rings. The van der Waals surface area contributed by atoms with Crippen molar-refractivity contribution >= 4 is 22.9 Å². The van der Waals surface area contributed by atoms with Crippen LogP contribution in [0, 0.1) is 11.6 Å². The lowest BCUT2D eigenvalue weighted by Gasteiger charge is -2.41. The van der Waals surface area contributed by atoms with Gasteiger partial charge in [0.25, 0.3) is 0 Å². The maximum Gasteiger partial charge on any atom is 0.306 e. The molecule has 0 bridgehead atoms. The highest BCUT2D eigenvalue weighted by molar-refractivity contribution is 5.89. The van der Waals surface area contributed by atoms with Crippen LogP contribution in [0.3, 0.4) is 0 Å². The third-order valence-corrected chi connectivity index (χ3v) is 15.3. The van der Waals surface area contributed by atoms with Crippen LogP contribution in [0.5, 0.6) is 28.7 Å². The highest BCUT2D eigenvalue weighted by Crippen LogP contribution is 2.50. The summed E-state index contributed by atoms with van der Waals surface area (Å²) >= 11 is 0. The van der Waals surface area contributed by atoms with Gasteiger partial charge in [0.15, 0.2) is 29.2 Å². The van der Waals surface area contributed by atoms with Crippen LogP contribution in [0.15, 0.2) is 209 Å². The first-order chi connectivity index (χ1) is 42.3. The molecule has 0 spiro atoms. The van der Waals surface area contributed by atoms with Gasteiger partial charge in [0.05, 0.1) is 0 Å². The number of hydrogen-bond donors (Lipinski definition) is 0. The summed E-state index contributed by atoms with van der Waals surface area (Å²) in [6.45, 7) is 3.25. The molecule has 2 saturated heterocycles. The molecule has 0 saturated carbocycles. The van der Waals surface area contributed by atoms with Gasteiger partial charge in [-0.3, -0.25) is 14.4 Å². The molecule has 444 valence electrons. The first kappa shape index (κ1) is 58.1. The van der Waals surface area contributed by atoms with E-state index < -0.39 is 59.6 Å². The number of aryl methyl sites for hydroxylation is 2. The Morgan fingerprint density at radius 1 is 0.575 bits per heavy atom. The van der Waals surface area contributed by atoms with Crippen molar-refractivity contribution in [1.82, 2.24) is 0 Å². The van der Waals surface area contributed by atoms with Gasteiger partial charge in [-0.1, -0.05) is 146 Å². The monoisotopic (exact) mass is 1180 g/mol. The van der Waals surface area contributed by atoms with Gasteiger partial charge in [-0.2, -0.15) is 0 Å². The SMILES string of the molecule is CC1(C)O[C@H]2[C@@H](O1)[C@@H](COC(=O)CCCc1ccc(F)cc1)O[C@@H](Oc1c(-c3ccc4c(c3)OC(c3ccccc3)(c3ccccc3)O4)oc3cc(OCc4ccccc4)cc(OCc4ccccc4)c3c1=O)[C@@H]2OC(=O)CCCc1ccc(F)cc1. The average molecular weight is 1180 g/mol. The highest BCUT2D eigenvalue weighted by atomic mass is 19.1. The molecule has 0 unspecified atom stereocenters. The fourth-order valence-electron chi connectivity index (χ4n) is 11.0. The molecule has 5 atom stereocenters. The molecule has 3 aliphatic rings. The molecule has 4 heterocycles. The quantitative estimate of drug-likeness (QED) is 0.0591. The van der Waals surface area contributed by atoms with Crippen LogP contribution in [-0.2, 0) is 65.1 Å². The van der Waals surface area contributed by atoms with E-state index in [-0.39, 0.29) is 72.5 Å².